The summed E-state index contributed by atoms with van der Waals surface area (Å²) >= 11 is 7.34. The van der Waals surface area contributed by atoms with E-state index in [4.69, 9.17) is 25.8 Å². The number of thiazole rings is 1. The van der Waals surface area contributed by atoms with Gasteiger partial charge in [0.1, 0.15) is 0 Å². The third-order valence-corrected chi connectivity index (χ3v) is 7.73. The molecule has 41 heavy (non-hydrogen) atoms. The topological polar surface area (TPSA) is 96.2 Å². The van der Waals surface area contributed by atoms with Crippen molar-refractivity contribution in [2.24, 2.45) is 4.99 Å². The molecule has 8 nitrogen and oxygen atoms in total. The van der Waals surface area contributed by atoms with E-state index in [2.05, 4.69) is 4.99 Å². The molecule has 1 aliphatic rings. The molecular formula is C31H25ClN2O6S. The van der Waals surface area contributed by atoms with Gasteiger partial charge in [-0.2, -0.15) is 0 Å². The molecule has 0 spiro atoms. The van der Waals surface area contributed by atoms with Crippen LogP contribution in [0.15, 0.2) is 93.9 Å². The number of aromatic nitrogens is 1. The van der Waals surface area contributed by atoms with E-state index in [0.29, 0.717) is 31.9 Å². The first kappa shape index (κ1) is 28.1. The molecule has 0 saturated heterocycles. The number of esters is 2. The number of allylic oxidation sites excluding steroid dienone is 1. The summed E-state index contributed by atoms with van der Waals surface area (Å²) in [5, 5.41) is 0.276. The smallest absolute Gasteiger partial charge is 0.345 e. The van der Waals surface area contributed by atoms with Crippen LogP contribution in [0.25, 0.3) is 6.08 Å². The predicted molar refractivity (Wildman–Crippen MR) is 156 cm³/mol. The zero-order valence-electron chi connectivity index (χ0n) is 22.4. The summed E-state index contributed by atoms with van der Waals surface area (Å²) < 4.78 is 18.3. The van der Waals surface area contributed by atoms with E-state index in [1.165, 1.54) is 23.0 Å². The van der Waals surface area contributed by atoms with Crippen LogP contribution in [0.3, 0.4) is 0 Å². The highest BCUT2D eigenvalue weighted by molar-refractivity contribution is 7.07. The Balaban J connectivity index is 1.55. The van der Waals surface area contributed by atoms with E-state index >= 15 is 0 Å². The van der Waals surface area contributed by atoms with E-state index in [9.17, 15) is 14.4 Å². The molecule has 0 aliphatic carbocycles. The highest BCUT2D eigenvalue weighted by Crippen LogP contribution is 2.31. The number of nitrogens with zero attached hydrogens (tertiary/aromatic N) is 2. The van der Waals surface area contributed by atoms with Crippen LogP contribution in [-0.4, -0.2) is 30.2 Å². The summed E-state index contributed by atoms with van der Waals surface area (Å²) in [5.41, 5.74) is 2.16. The van der Waals surface area contributed by atoms with Crippen LogP contribution >= 0.6 is 22.9 Å². The quantitative estimate of drug-likeness (QED) is 0.230. The Kier molecular flexibility index (Phi) is 8.19. The molecule has 2 heterocycles. The summed E-state index contributed by atoms with van der Waals surface area (Å²) in [6.45, 7) is 3.68. The first-order chi connectivity index (χ1) is 19.8. The first-order valence-corrected chi connectivity index (χ1v) is 13.9. The molecule has 0 radical (unpaired) electrons. The minimum Gasteiger partial charge on any atom is -0.493 e. The summed E-state index contributed by atoms with van der Waals surface area (Å²) in [6, 6.07) is 20.2. The van der Waals surface area contributed by atoms with Gasteiger partial charge in [0.15, 0.2) is 16.3 Å². The fraction of sp³-hybridized carbons (Fsp3) is 0.161. The molecule has 0 N–H and O–H groups in total. The van der Waals surface area contributed by atoms with Crippen molar-refractivity contribution in [1.82, 2.24) is 4.57 Å². The van der Waals surface area contributed by atoms with Crippen molar-refractivity contribution >= 4 is 41.0 Å². The van der Waals surface area contributed by atoms with Gasteiger partial charge in [-0.25, -0.2) is 14.6 Å². The maximum Gasteiger partial charge on any atom is 0.345 e. The summed E-state index contributed by atoms with van der Waals surface area (Å²) in [7, 11) is 1.46. The number of carbonyl (C=O) groups excluding carboxylic acids is 2. The van der Waals surface area contributed by atoms with Gasteiger partial charge in [-0.15, -0.1) is 0 Å². The second-order valence-corrected chi connectivity index (χ2v) is 10.4. The van der Waals surface area contributed by atoms with Crippen LogP contribution in [-0.2, 0) is 9.53 Å². The molecule has 0 saturated carbocycles. The molecule has 1 unspecified atom stereocenters. The normalized spacial score (nSPS) is 14.7. The lowest BCUT2D eigenvalue weighted by Crippen LogP contribution is -2.39. The lowest BCUT2D eigenvalue weighted by molar-refractivity contribution is -0.139. The van der Waals surface area contributed by atoms with Crippen molar-refractivity contribution < 1.29 is 23.8 Å². The molecule has 1 aliphatic heterocycles. The summed E-state index contributed by atoms with van der Waals surface area (Å²) in [4.78, 5) is 44.5. The van der Waals surface area contributed by atoms with E-state index in [-0.39, 0.29) is 28.5 Å². The van der Waals surface area contributed by atoms with Crippen molar-refractivity contribution in [3.63, 3.8) is 0 Å². The number of fused-ring (bicyclic) bond motifs is 1. The fourth-order valence-electron chi connectivity index (χ4n) is 4.53. The largest absolute Gasteiger partial charge is 0.493 e. The van der Waals surface area contributed by atoms with E-state index in [1.54, 1.807) is 62.4 Å². The number of benzene rings is 3. The van der Waals surface area contributed by atoms with Gasteiger partial charge >= 0.3 is 11.9 Å². The van der Waals surface area contributed by atoms with Gasteiger partial charge in [-0.05, 0) is 55.3 Å². The highest BCUT2D eigenvalue weighted by atomic mass is 35.5. The lowest BCUT2D eigenvalue weighted by Gasteiger charge is -2.24. The molecule has 4 aromatic rings. The third kappa shape index (κ3) is 5.59. The molecule has 3 aromatic carbocycles. The Bertz CT molecular complexity index is 1860. The monoisotopic (exact) mass is 588 g/mol. The Hall–Kier alpha value is -4.47. The Morgan fingerprint density at radius 3 is 2.46 bits per heavy atom. The van der Waals surface area contributed by atoms with E-state index in [1.807, 2.05) is 30.3 Å². The predicted octanol–water partition coefficient (Wildman–Crippen LogP) is 4.68. The summed E-state index contributed by atoms with van der Waals surface area (Å²) in [6.07, 6.45) is 1.71. The number of hydrogen-bond donors (Lipinski definition) is 0. The van der Waals surface area contributed by atoms with Gasteiger partial charge in [0.2, 0.25) is 0 Å². The molecular weight excluding hydrogens is 564 g/mol. The first-order valence-electron chi connectivity index (χ1n) is 12.7. The molecule has 5 rings (SSSR count). The third-order valence-electron chi connectivity index (χ3n) is 6.41. The molecule has 0 fully saturated rings. The molecule has 0 amide bonds. The van der Waals surface area contributed by atoms with Crippen LogP contribution in [0.1, 0.15) is 41.4 Å². The van der Waals surface area contributed by atoms with Crippen LogP contribution in [0.4, 0.5) is 0 Å². The Labute approximate surface area is 244 Å². The Morgan fingerprint density at radius 2 is 1.76 bits per heavy atom. The zero-order chi connectivity index (χ0) is 29.1. The second-order valence-electron chi connectivity index (χ2n) is 8.99. The van der Waals surface area contributed by atoms with Crippen LogP contribution in [0, 0.1) is 0 Å². The van der Waals surface area contributed by atoms with Gasteiger partial charge in [0.05, 0.1) is 46.1 Å². The summed E-state index contributed by atoms with van der Waals surface area (Å²) in [5.74, 6) is -0.628. The Morgan fingerprint density at radius 1 is 1.02 bits per heavy atom. The maximum atomic E-state index is 13.8. The standard InChI is InChI=1S/C31H25ClN2O6S/c1-4-39-30(37)26-18(2)33-31-34(27(26)20-10-6-5-7-11-20)28(35)25(41-31)17-19-14-15-23(24(16-19)38-3)40-29(36)21-12-8-9-13-22(21)32/h5-17,27H,4H2,1-3H3/b25-17-. The number of ether oxygens (including phenoxy) is 3. The van der Waals surface area contributed by atoms with Crippen molar-refractivity contribution in [3.05, 3.63) is 125 Å². The fourth-order valence-corrected chi connectivity index (χ4v) is 5.79. The van der Waals surface area contributed by atoms with Crippen molar-refractivity contribution in [2.75, 3.05) is 13.7 Å². The van der Waals surface area contributed by atoms with Gasteiger partial charge in [0, 0.05) is 0 Å². The minimum atomic E-state index is -0.685. The van der Waals surface area contributed by atoms with Crippen LogP contribution < -0.4 is 24.4 Å². The second kappa shape index (κ2) is 12.0. The average Bonchev–Trinajstić information content (AvgIpc) is 3.27. The minimum absolute atomic E-state index is 0.201. The van der Waals surface area contributed by atoms with Crippen molar-refractivity contribution in [1.29, 1.82) is 0 Å². The molecule has 10 heteroatoms. The maximum absolute atomic E-state index is 13.8. The SMILES string of the molecule is CCOC(=O)C1=C(C)N=c2s/c(=C\c3ccc(OC(=O)c4ccccc4Cl)c(OC)c3)c(=O)n2C1c1ccccc1. The lowest BCUT2D eigenvalue weighted by atomic mass is 9.96. The molecule has 1 aromatic heterocycles. The number of rotatable bonds is 7. The van der Waals surface area contributed by atoms with Crippen LogP contribution in [0.5, 0.6) is 11.5 Å². The number of carbonyl (C=O) groups is 2. The molecule has 0 bridgehead atoms. The van der Waals surface area contributed by atoms with Crippen LogP contribution in [0.2, 0.25) is 5.02 Å². The van der Waals surface area contributed by atoms with Crippen molar-refractivity contribution in [3.8, 4) is 11.5 Å². The van der Waals surface area contributed by atoms with Crippen molar-refractivity contribution in [2.45, 2.75) is 19.9 Å². The molecule has 1 atom stereocenters. The van der Waals surface area contributed by atoms with Gasteiger partial charge in [0.25, 0.3) is 5.56 Å². The number of halogens is 1. The van der Waals surface area contributed by atoms with E-state index in [0.717, 1.165) is 5.56 Å². The zero-order valence-corrected chi connectivity index (χ0v) is 24.0. The number of methoxy groups -OCH3 is 1. The van der Waals surface area contributed by atoms with Gasteiger partial charge in [-0.3, -0.25) is 9.36 Å². The average molecular weight is 589 g/mol. The highest BCUT2D eigenvalue weighted by Gasteiger charge is 2.33. The van der Waals surface area contributed by atoms with Gasteiger partial charge < -0.3 is 14.2 Å². The molecule has 208 valence electrons. The van der Waals surface area contributed by atoms with Gasteiger partial charge in [-0.1, -0.05) is 71.5 Å². The van der Waals surface area contributed by atoms with E-state index < -0.39 is 18.0 Å². The number of hydrogen-bond acceptors (Lipinski definition) is 8.